The molecule has 38 heavy (non-hydrogen) atoms. The SMILES string of the molecule is CCOc1c(Cl)cccc1NC(=O)c1cc2ccccc2c(N=Nc2cc(S(=O)(=O)O)c(Cl)cc2C)c1O. The molecular formula is C26H21Cl2N3O6S. The molecule has 0 aromatic heterocycles. The van der Waals surface area contributed by atoms with Gasteiger partial charge in [0.15, 0.2) is 11.5 Å². The zero-order chi connectivity index (χ0) is 27.6. The minimum Gasteiger partial charge on any atom is -0.505 e. The van der Waals surface area contributed by atoms with E-state index < -0.39 is 26.7 Å². The fourth-order valence-corrected chi connectivity index (χ4v) is 5.04. The number of nitrogens with zero attached hydrogens (tertiary/aromatic N) is 2. The average molecular weight is 574 g/mol. The van der Waals surface area contributed by atoms with E-state index >= 15 is 0 Å². The van der Waals surface area contributed by atoms with Gasteiger partial charge in [-0.05, 0) is 55.1 Å². The predicted molar refractivity (Wildman–Crippen MR) is 146 cm³/mol. The predicted octanol–water partition coefficient (Wildman–Crippen LogP) is 7.47. The highest BCUT2D eigenvalue weighted by atomic mass is 35.5. The van der Waals surface area contributed by atoms with Gasteiger partial charge in [-0.2, -0.15) is 13.5 Å². The van der Waals surface area contributed by atoms with Gasteiger partial charge in [0.05, 0.1) is 33.6 Å². The molecular weight excluding hydrogens is 553 g/mol. The summed E-state index contributed by atoms with van der Waals surface area (Å²) >= 11 is 12.2. The van der Waals surface area contributed by atoms with Gasteiger partial charge < -0.3 is 15.2 Å². The molecule has 9 nitrogen and oxygen atoms in total. The van der Waals surface area contributed by atoms with E-state index in [9.17, 15) is 22.9 Å². The first-order valence-corrected chi connectivity index (χ1v) is 13.4. The molecule has 3 N–H and O–H groups in total. The Hall–Kier alpha value is -3.70. The number of ether oxygens (including phenoxy) is 1. The van der Waals surface area contributed by atoms with Crippen molar-refractivity contribution in [3.8, 4) is 11.5 Å². The van der Waals surface area contributed by atoms with Crippen LogP contribution in [0.25, 0.3) is 10.8 Å². The number of nitrogens with one attached hydrogen (secondary N) is 1. The molecule has 0 radical (unpaired) electrons. The summed E-state index contributed by atoms with van der Waals surface area (Å²) in [5.74, 6) is -0.811. The second-order valence-corrected chi connectivity index (χ2v) is 10.3. The van der Waals surface area contributed by atoms with Crippen LogP contribution in [-0.2, 0) is 10.1 Å². The summed E-state index contributed by atoms with van der Waals surface area (Å²) in [4.78, 5) is 12.7. The second-order valence-electron chi connectivity index (χ2n) is 8.09. The summed E-state index contributed by atoms with van der Waals surface area (Å²) < 4.78 is 38.4. The van der Waals surface area contributed by atoms with Crippen molar-refractivity contribution in [2.24, 2.45) is 10.2 Å². The zero-order valence-electron chi connectivity index (χ0n) is 20.1. The summed E-state index contributed by atoms with van der Waals surface area (Å²) in [6.07, 6.45) is 0. The third-order valence-corrected chi connectivity index (χ3v) is 7.15. The van der Waals surface area contributed by atoms with Crippen LogP contribution in [0.2, 0.25) is 10.0 Å². The molecule has 0 saturated carbocycles. The molecule has 0 aliphatic heterocycles. The number of halogens is 2. The highest BCUT2D eigenvalue weighted by molar-refractivity contribution is 7.86. The first-order valence-electron chi connectivity index (χ1n) is 11.2. The molecule has 196 valence electrons. The molecule has 0 bridgehead atoms. The molecule has 1 amide bonds. The third-order valence-electron chi connectivity index (χ3n) is 5.53. The van der Waals surface area contributed by atoms with Gasteiger partial charge in [0.1, 0.15) is 10.6 Å². The van der Waals surface area contributed by atoms with Gasteiger partial charge in [0, 0.05) is 5.39 Å². The smallest absolute Gasteiger partial charge is 0.296 e. The molecule has 0 aliphatic carbocycles. The summed E-state index contributed by atoms with van der Waals surface area (Å²) in [6.45, 7) is 3.72. The standard InChI is InChI=1S/C26H21Cl2N3O6S/c1-3-37-25-18(27)9-6-10-20(25)29-26(33)17-12-15-7-4-5-8-16(15)23(24(17)32)31-30-21-13-22(38(34,35)36)19(28)11-14(21)2/h4-13,32H,3H2,1-2H3,(H,29,33)(H,34,35,36). The van der Waals surface area contributed by atoms with Crippen LogP contribution in [0.4, 0.5) is 17.1 Å². The van der Waals surface area contributed by atoms with Crippen molar-refractivity contribution in [1.29, 1.82) is 0 Å². The van der Waals surface area contributed by atoms with Gasteiger partial charge in [-0.3, -0.25) is 9.35 Å². The fourth-order valence-electron chi connectivity index (χ4n) is 3.73. The highest BCUT2D eigenvalue weighted by Gasteiger charge is 2.21. The second kappa shape index (κ2) is 11.0. The third kappa shape index (κ3) is 5.58. The number of azo groups is 1. The number of amides is 1. The molecule has 4 aromatic carbocycles. The molecule has 0 aliphatic rings. The van der Waals surface area contributed by atoms with Crippen LogP contribution >= 0.6 is 23.2 Å². The van der Waals surface area contributed by atoms with Crippen LogP contribution in [-0.4, -0.2) is 30.6 Å². The number of benzene rings is 4. The Labute approximate surface area is 228 Å². The number of anilines is 1. The topological polar surface area (TPSA) is 138 Å². The van der Waals surface area contributed by atoms with Crippen LogP contribution in [0.1, 0.15) is 22.8 Å². The van der Waals surface area contributed by atoms with Crippen molar-refractivity contribution in [1.82, 2.24) is 0 Å². The number of fused-ring (bicyclic) bond motifs is 1. The van der Waals surface area contributed by atoms with E-state index in [-0.39, 0.29) is 27.7 Å². The quantitative estimate of drug-likeness (QED) is 0.155. The summed E-state index contributed by atoms with van der Waals surface area (Å²) in [5, 5.41) is 23.3. The number of rotatable bonds is 7. The number of hydrogen-bond acceptors (Lipinski definition) is 7. The van der Waals surface area contributed by atoms with Gasteiger partial charge in [0.2, 0.25) is 0 Å². The molecule has 0 saturated heterocycles. The van der Waals surface area contributed by atoms with Crippen molar-refractivity contribution >= 4 is 67.1 Å². The van der Waals surface area contributed by atoms with Crippen molar-refractivity contribution in [3.63, 3.8) is 0 Å². The molecule has 4 aromatic rings. The van der Waals surface area contributed by atoms with Crippen molar-refractivity contribution in [3.05, 3.63) is 81.8 Å². The molecule has 0 fully saturated rings. The maximum absolute atomic E-state index is 13.3. The van der Waals surface area contributed by atoms with Crippen molar-refractivity contribution < 1.29 is 27.6 Å². The lowest BCUT2D eigenvalue weighted by Crippen LogP contribution is -2.13. The van der Waals surface area contributed by atoms with Crippen molar-refractivity contribution in [2.75, 3.05) is 11.9 Å². The van der Waals surface area contributed by atoms with E-state index in [4.69, 9.17) is 27.9 Å². The monoisotopic (exact) mass is 573 g/mol. The Morgan fingerprint density at radius 2 is 1.76 bits per heavy atom. The molecule has 0 spiro atoms. The minimum atomic E-state index is -4.61. The Balaban J connectivity index is 1.81. The van der Waals surface area contributed by atoms with Crippen LogP contribution in [0, 0.1) is 6.92 Å². The van der Waals surface area contributed by atoms with E-state index in [1.54, 1.807) is 56.3 Å². The largest absolute Gasteiger partial charge is 0.505 e. The van der Waals surface area contributed by atoms with Crippen LogP contribution in [0.3, 0.4) is 0 Å². The Morgan fingerprint density at radius 1 is 1.03 bits per heavy atom. The van der Waals surface area contributed by atoms with E-state index in [1.807, 2.05) is 0 Å². The normalized spacial score (nSPS) is 11.7. The van der Waals surface area contributed by atoms with E-state index in [2.05, 4.69) is 15.5 Å². The molecule has 0 heterocycles. The van der Waals surface area contributed by atoms with Crippen LogP contribution in [0.5, 0.6) is 11.5 Å². The lowest BCUT2D eigenvalue weighted by molar-refractivity contribution is 0.102. The number of para-hydroxylation sites is 1. The number of aromatic hydroxyl groups is 1. The number of carbonyl (C=O) groups excluding carboxylic acids is 1. The lowest BCUT2D eigenvalue weighted by atomic mass is 10.0. The number of carbonyl (C=O) groups is 1. The maximum Gasteiger partial charge on any atom is 0.296 e. The first kappa shape index (κ1) is 27.3. The highest BCUT2D eigenvalue weighted by Crippen LogP contribution is 2.41. The summed E-state index contributed by atoms with van der Waals surface area (Å²) in [5.41, 5.74) is 0.752. The lowest BCUT2D eigenvalue weighted by Gasteiger charge is -2.14. The van der Waals surface area contributed by atoms with E-state index in [0.717, 1.165) is 6.07 Å². The van der Waals surface area contributed by atoms with Crippen molar-refractivity contribution in [2.45, 2.75) is 18.7 Å². The number of hydrogen-bond donors (Lipinski definition) is 3. The molecule has 0 unspecified atom stereocenters. The van der Waals surface area contributed by atoms with E-state index in [1.165, 1.54) is 12.1 Å². The van der Waals surface area contributed by atoms with Gasteiger partial charge >= 0.3 is 0 Å². The van der Waals surface area contributed by atoms with Crippen LogP contribution < -0.4 is 10.1 Å². The average Bonchev–Trinajstić information content (AvgIpc) is 2.85. The summed E-state index contributed by atoms with van der Waals surface area (Å²) in [7, 11) is -4.61. The Bertz CT molecular complexity index is 1710. The van der Waals surface area contributed by atoms with Crippen LogP contribution in [0.15, 0.2) is 75.8 Å². The minimum absolute atomic E-state index is 0.0212. The molecule has 4 rings (SSSR count). The summed E-state index contributed by atoms with van der Waals surface area (Å²) in [6, 6.07) is 15.7. The molecule has 12 heteroatoms. The number of aryl methyl sites for hydroxylation is 1. The van der Waals surface area contributed by atoms with Gasteiger partial charge in [0.25, 0.3) is 16.0 Å². The van der Waals surface area contributed by atoms with E-state index in [0.29, 0.717) is 33.7 Å². The first-order chi connectivity index (χ1) is 18.0. The Kier molecular flexibility index (Phi) is 7.89. The number of phenols is 1. The molecule has 0 atom stereocenters. The zero-order valence-corrected chi connectivity index (χ0v) is 22.4. The fraction of sp³-hybridized carbons (Fsp3) is 0.115. The number of phenolic OH excluding ortho intramolecular Hbond substituents is 1. The van der Waals surface area contributed by atoms with Gasteiger partial charge in [-0.1, -0.05) is 53.5 Å². The Morgan fingerprint density at radius 3 is 2.47 bits per heavy atom. The van der Waals surface area contributed by atoms with Gasteiger partial charge in [-0.25, -0.2) is 0 Å². The maximum atomic E-state index is 13.3. The van der Waals surface area contributed by atoms with Gasteiger partial charge in [-0.15, -0.1) is 5.11 Å².